The van der Waals surface area contributed by atoms with Crippen molar-refractivity contribution in [3.05, 3.63) is 71.2 Å². The molecule has 29 heavy (non-hydrogen) atoms. The maximum atomic E-state index is 6.28. The molecule has 1 aliphatic rings. The molecule has 4 rings (SSSR count). The lowest BCUT2D eigenvalue weighted by Gasteiger charge is -2.23. The van der Waals surface area contributed by atoms with Crippen LogP contribution < -0.4 is 4.74 Å². The van der Waals surface area contributed by atoms with Gasteiger partial charge in [0, 0.05) is 23.0 Å². The molecule has 0 unspecified atom stereocenters. The summed E-state index contributed by atoms with van der Waals surface area (Å²) in [6.07, 6.45) is 0. The van der Waals surface area contributed by atoms with Crippen LogP contribution in [0.2, 0.25) is 5.02 Å². The van der Waals surface area contributed by atoms with Crippen LogP contribution in [-0.4, -0.2) is 34.5 Å². The summed E-state index contributed by atoms with van der Waals surface area (Å²) in [5.74, 6) is 0.941. The number of halogens is 1. The van der Waals surface area contributed by atoms with Gasteiger partial charge in [0.25, 0.3) is 0 Å². The van der Waals surface area contributed by atoms with Crippen LogP contribution in [0.3, 0.4) is 0 Å². The average molecular weight is 425 g/mol. The molecular formula is C24H25ClN2OS. The number of amidine groups is 1. The van der Waals surface area contributed by atoms with E-state index in [-0.39, 0.29) is 0 Å². The van der Waals surface area contributed by atoms with Crippen LogP contribution in [0.15, 0.2) is 65.7 Å². The molecule has 3 aromatic rings. The second kappa shape index (κ2) is 8.68. The van der Waals surface area contributed by atoms with Crippen LogP contribution in [0.1, 0.15) is 19.4 Å². The summed E-state index contributed by atoms with van der Waals surface area (Å²) in [4.78, 5) is 7.29. The van der Waals surface area contributed by atoms with Crippen molar-refractivity contribution < 1.29 is 4.74 Å². The summed E-state index contributed by atoms with van der Waals surface area (Å²) in [6, 6.07) is 20.8. The fourth-order valence-corrected chi connectivity index (χ4v) is 4.90. The van der Waals surface area contributed by atoms with Gasteiger partial charge in [0.15, 0.2) is 5.17 Å². The number of nitrogens with zero attached hydrogens (tertiary/aromatic N) is 2. The zero-order valence-corrected chi connectivity index (χ0v) is 18.5. The van der Waals surface area contributed by atoms with Crippen molar-refractivity contribution in [3.8, 4) is 5.75 Å². The molecule has 1 atom stereocenters. The normalized spacial score (nSPS) is 18.2. The van der Waals surface area contributed by atoms with Gasteiger partial charge in [-0.1, -0.05) is 65.8 Å². The smallest absolute Gasteiger partial charge is 0.165 e. The fraction of sp³-hybridized carbons (Fsp3) is 0.292. The standard InChI is InChI=1S/C24H25ClN2OS/c1-16(2)27-14-19(29-24(27)26-22-12-7-11-21(25)17(22)3)15-28-23-13-6-9-18-8-4-5-10-20(18)23/h4-13,16,19H,14-15H2,1-3H3/t19-/m0/s1. The topological polar surface area (TPSA) is 24.8 Å². The van der Waals surface area contributed by atoms with Gasteiger partial charge in [-0.15, -0.1) is 0 Å². The largest absolute Gasteiger partial charge is 0.492 e. The minimum absolute atomic E-state index is 0.328. The first-order chi connectivity index (χ1) is 14.0. The fourth-order valence-electron chi connectivity index (χ4n) is 3.49. The third kappa shape index (κ3) is 4.39. The van der Waals surface area contributed by atoms with Crippen molar-refractivity contribution in [2.75, 3.05) is 13.2 Å². The van der Waals surface area contributed by atoms with Crippen LogP contribution >= 0.6 is 23.4 Å². The number of aliphatic imine (C=N–C) groups is 1. The Morgan fingerprint density at radius 2 is 1.86 bits per heavy atom. The van der Waals surface area contributed by atoms with Crippen molar-refractivity contribution in [2.24, 2.45) is 4.99 Å². The summed E-state index contributed by atoms with van der Waals surface area (Å²) < 4.78 is 6.25. The highest BCUT2D eigenvalue weighted by Gasteiger charge is 2.31. The lowest BCUT2D eigenvalue weighted by molar-refractivity contribution is 0.288. The Hall–Kier alpha value is -2.17. The van der Waals surface area contributed by atoms with Crippen LogP contribution in [0.5, 0.6) is 5.75 Å². The van der Waals surface area contributed by atoms with E-state index in [1.165, 1.54) is 5.39 Å². The Morgan fingerprint density at radius 3 is 2.69 bits per heavy atom. The van der Waals surface area contributed by atoms with Crippen LogP contribution in [0.25, 0.3) is 10.8 Å². The Kier molecular flexibility index (Phi) is 6.02. The number of fused-ring (bicyclic) bond motifs is 1. The van der Waals surface area contributed by atoms with Gasteiger partial charge in [0.2, 0.25) is 0 Å². The second-order valence-electron chi connectivity index (χ2n) is 7.55. The molecule has 3 nitrogen and oxygen atoms in total. The van der Waals surface area contributed by atoms with Crippen LogP contribution in [0, 0.1) is 6.92 Å². The van der Waals surface area contributed by atoms with Gasteiger partial charge in [0.1, 0.15) is 12.4 Å². The van der Waals surface area contributed by atoms with E-state index in [9.17, 15) is 0 Å². The SMILES string of the molecule is Cc1c(Cl)cccc1N=C1S[C@H](COc2cccc3ccccc23)CN1C(C)C. The minimum Gasteiger partial charge on any atom is -0.492 e. The number of hydrogen-bond acceptors (Lipinski definition) is 3. The minimum atomic E-state index is 0.328. The summed E-state index contributed by atoms with van der Waals surface area (Å²) in [5.41, 5.74) is 1.95. The number of rotatable bonds is 5. The van der Waals surface area contributed by atoms with E-state index in [4.69, 9.17) is 21.3 Å². The molecule has 0 N–H and O–H groups in total. The molecule has 0 amide bonds. The van der Waals surface area contributed by atoms with Crippen molar-refractivity contribution in [2.45, 2.75) is 32.1 Å². The maximum Gasteiger partial charge on any atom is 0.165 e. The van der Waals surface area contributed by atoms with E-state index in [1.807, 2.05) is 31.2 Å². The summed E-state index contributed by atoms with van der Waals surface area (Å²) >= 11 is 8.07. The molecule has 1 saturated heterocycles. The molecule has 5 heteroatoms. The highest BCUT2D eigenvalue weighted by atomic mass is 35.5. The van der Waals surface area contributed by atoms with Gasteiger partial charge in [-0.2, -0.15) is 0 Å². The number of benzene rings is 3. The predicted octanol–water partition coefficient (Wildman–Crippen LogP) is 6.69. The van der Waals surface area contributed by atoms with Crippen molar-refractivity contribution >= 4 is 45.0 Å². The molecule has 0 spiro atoms. The Bertz CT molecular complexity index is 1040. The molecule has 1 aliphatic heterocycles. The second-order valence-corrected chi connectivity index (χ2v) is 9.23. The lowest BCUT2D eigenvalue weighted by atomic mass is 10.1. The summed E-state index contributed by atoms with van der Waals surface area (Å²) in [6.45, 7) is 7.99. The van der Waals surface area contributed by atoms with Crippen LogP contribution in [-0.2, 0) is 0 Å². The van der Waals surface area contributed by atoms with Gasteiger partial charge in [0.05, 0.1) is 10.9 Å². The molecule has 1 heterocycles. The average Bonchev–Trinajstić information content (AvgIpc) is 3.13. The number of thioether (sulfide) groups is 1. The first kappa shape index (κ1) is 20.1. The van der Waals surface area contributed by atoms with E-state index < -0.39 is 0 Å². The molecule has 150 valence electrons. The van der Waals surface area contributed by atoms with Gasteiger partial charge in [-0.25, -0.2) is 4.99 Å². The Balaban J connectivity index is 1.52. The van der Waals surface area contributed by atoms with E-state index in [2.05, 4.69) is 55.1 Å². The van der Waals surface area contributed by atoms with Gasteiger partial charge >= 0.3 is 0 Å². The summed E-state index contributed by atoms with van der Waals surface area (Å²) in [5, 5.41) is 4.47. The number of ether oxygens (including phenoxy) is 1. The van der Waals surface area contributed by atoms with Crippen molar-refractivity contribution in [3.63, 3.8) is 0 Å². The third-order valence-electron chi connectivity index (χ3n) is 5.17. The molecular weight excluding hydrogens is 400 g/mol. The highest BCUT2D eigenvalue weighted by Crippen LogP contribution is 2.34. The quantitative estimate of drug-likeness (QED) is 0.455. The van der Waals surface area contributed by atoms with Crippen molar-refractivity contribution in [1.82, 2.24) is 4.90 Å². The van der Waals surface area contributed by atoms with E-state index >= 15 is 0 Å². The predicted molar refractivity (Wildman–Crippen MR) is 126 cm³/mol. The Morgan fingerprint density at radius 1 is 1.10 bits per heavy atom. The first-order valence-corrected chi connectivity index (χ1v) is 11.2. The zero-order chi connectivity index (χ0) is 20.4. The van der Waals surface area contributed by atoms with E-state index in [1.54, 1.807) is 11.8 Å². The van der Waals surface area contributed by atoms with E-state index in [0.29, 0.717) is 17.9 Å². The molecule has 0 radical (unpaired) electrons. The van der Waals surface area contributed by atoms with Gasteiger partial charge < -0.3 is 9.64 Å². The molecule has 0 bridgehead atoms. The molecule has 0 aromatic heterocycles. The zero-order valence-electron chi connectivity index (χ0n) is 16.9. The lowest BCUT2D eigenvalue weighted by Crippen LogP contribution is -2.33. The van der Waals surface area contributed by atoms with Crippen LogP contribution in [0.4, 0.5) is 5.69 Å². The summed E-state index contributed by atoms with van der Waals surface area (Å²) in [7, 11) is 0. The third-order valence-corrected chi connectivity index (χ3v) is 6.74. The van der Waals surface area contributed by atoms with E-state index in [0.717, 1.165) is 39.1 Å². The Labute approximate surface area is 181 Å². The molecule has 1 fully saturated rings. The molecule has 3 aromatic carbocycles. The highest BCUT2D eigenvalue weighted by molar-refractivity contribution is 8.14. The number of hydrogen-bond donors (Lipinski definition) is 0. The van der Waals surface area contributed by atoms with Crippen molar-refractivity contribution in [1.29, 1.82) is 0 Å². The van der Waals surface area contributed by atoms with Gasteiger partial charge in [-0.3, -0.25) is 0 Å². The monoisotopic (exact) mass is 424 g/mol. The first-order valence-electron chi connectivity index (χ1n) is 9.90. The maximum absolute atomic E-state index is 6.28. The molecule has 0 aliphatic carbocycles. The van der Waals surface area contributed by atoms with Gasteiger partial charge in [-0.05, 0) is 49.9 Å². The molecule has 0 saturated carbocycles.